The summed E-state index contributed by atoms with van der Waals surface area (Å²) in [6, 6.07) is 10.2. The number of imide groups is 2. The summed E-state index contributed by atoms with van der Waals surface area (Å²) in [4.78, 5) is 49.8. The minimum Gasteiger partial charge on any atom is -0.269 e. The van der Waals surface area contributed by atoms with E-state index >= 15 is 0 Å². The maximum absolute atomic E-state index is 12.0. The summed E-state index contributed by atoms with van der Waals surface area (Å²) in [6.45, 7) is 3.93. The third-order valence-electron chi connectivity index (χ3n) is 5.44. The molecule has 0 spiro atoms. The Kier molecular flexibility index (Phi) is 5.07. The van der Waals surface area contributed by atoms with Crippen LogP contribution in [-0.2, 0) is 24.6 Å². The van der Waals surface area contributed by atoms with E-state index in [-0.39, 0.29) is 10.0 Å². The Bertz CT molecular complexity index is 1100. The molecule has 0 radical (unpaired) electrons. The van der Waals surface area contributed by atoms with Crippen molar-refractivity contribution in [1.29, 1.82) is 0 Å². The van der Waals surface area contributed by atoms with Gasteiger partial charge in [-0.05, 0) is 35.4 Å². The van der Waals surface area contributed by atoms with Crippen LogP contribution in [0.3, 0.4) is 0 Å². The third-order valence-corrected chi connectivity index (χ3v) is 6.04. The number of anilines is 2. The van der Waals surface area contributed by atoms with Crippen molar-refractivity contribution in [2.45, 2.75) is 19.3 Å². The molecule has 156 valence electrons. The summed E-state index contributed by atoms with van der Waals surface area (Å²) in [5.74, 6) is -1.77. The van der Waals surface area contributed by atoms with Crippen molar-refractivity contribution in [3.63, 3.8) is 0 Å². The highest BCUT2D eigenvalue weighted by Gasteiger charge is 2.31. The van der Waals surface area contributed by atoms with E-state index in [1.165, 1.54) is 24.3 Å². The van der Waals surface area contributed by atoms with Crippen molar-refractivity contribution >= 4 is 58.2 Å². The molecule has 0 saturated heterocycles. The highest BCUT2D eigenvalue weighted by Crippen LogP contribution is 2.39. The van der Waals surface area contributed by atoms with Gasteiger partial charge in [-0.25, -0.2) is 9.80 Å². The number of amides is 4. The highest BCUT2D eigenvalue weighted by molar-refractivity contribution is 6.38. The van der Waals surface area contributed by atoms with Crippen molar-refractivity contribution in [2.75, 3.05) is 9.80 Å². The van der Waals surface area contributed by atoms with E-state index in [2.05, 4.69) is 0 Å². The number of halogens is 2. The Morgan fingerprint density at radius 3 is 1.23 bits per heavy atom. The maximum atomic E-state index is 12.0. The monoisotopic (exact) mass is 454 g/mol. The second-order valence-electron chi connectivity index (χ2n) is 7.65. The van der Waals surface area contributed by atoms with Crippen molar-refractivity contribution in [3.8, 4) is 0 Å². The Hall–Kier alpha value is -3.22. The van der Waals surface area contributed by atoms with Gasteiger partial charge in [-0.3, -0.25) is 19.2 Å². The average molecular weight is 455 g/mol. The minimum absolute atomic E-state index is 0.262. The molecule has 0 atom stereocenters. The largest absolute Gasteiger partial charge is 0.269 e. The smallest absolute Gasteiger partial charge is 0.258 e. The molecule has 0 fully saturated rings. The number of hydrogen-bond donors (Lipinski definition) is 0. The number of carbonyl (C=O) groups is 4. The standard InChI is InChI=1S/C23H16Cl2N2O4/c1-23(2,13-3-5-17(15(24)11-13)26-19(28)7-8-20(26)29)14-4-6-18(16(25)12-14)27-21(30)9-10-22(27)31/h3-12H,1-2H3. The number of carbonyl (C=O) groups excluding carboxylic acids is 4. The van der Waals surface area contributed by atoms with Crippen LogP contribution in [0.5, 0.6) is 0 Å². The predicted molar refractivity (Wildman–Crippen MR) is 118 cm³/mol. The first-order chi connectivity index (χ1) is 14.6. The minimum atomic E-state index is -0.557. The molecule has 2 aliphatic heterocycles. The first kappa shape index (κ1) is 21.0. The van der Waals surface area contributed by atoms with Crippen LogP contribution in [0.15, 0.2) is 60.7 Å². The van der Waals surface area contributed by atoms with Gasteiger partial charge in [-0.2, -0.15) is 0 Å². The molecule has 8 heteroatoms. The Morgan fingerprint density at radius 1 is 0.613 bits per heavy atom. The highest BCUT2D eigenvalue weighted by atomic mass is 35.5. The topological polar surface area (TPSA) is 74.8 Å². The van der Waals surface area contributed by atoms with E-state index in [1.54, 1.807) is 36.4 Å². The normalized spacial score (nSPS) is 16.3. The fourth-order valence-electron chi connectivity index (χ4n) is 3.60. The molecule has 6 nitrogen and oxygen atoms in total. The summed E-state index contributed by atoms with van der Waals surface area (Å²) in [6.07, 6.45) is 4.80. The fraction of sp³-hybridized carbons (Fsp3) is 0.130. The van der Waals surface area contributed by atoms with Gasteiger partial charge in [0.05, 0.1) is 21.4 Å². The molecule has 0 saturated carbocycles. The van der Waals surface area contributed by atoms with Gasteiger partial charge in [0.2, 0.25) is 0 Å². The quantitative estimate of drug-likeness (QED) is 0.649. The van der Waals surface area contributed by atoms with Crippen LogP contribution in [0.2, 0.25) is 10.0 Å². The molecule has 4 rings (SSSR count). The van der Waals surface area contributed by atoms with Crippen LogP contribution >= 0.6 is 23.2 Å². The second-order valence-corrected chi connectivity index (χ2v) is 8.46. The molecule has 0 bridgehead atoms. The molecular weight excluding hydrogens is 439 g/mol. The van der Waals surface area contributed by atoms with Gasteiger partial charge in [0, 0.05) is 29.7 Å². The fourth-order valence-corrected chi connectivity index (χ4v) is 4.13. The molecular formula is C23H16Cl2N2O4. The number of rotatable bonds is 4. The van der Waals surface area contributed by atoms with Crippen molar-refractivity contribution in [1.82, 2.24) is 0 Å². The van der Waals surface area contributed by atoms with Crippen LogP contribution in [0.25, 0.3) is 0 Å². The zero-order valence-electron chi connectivity index (χ0n) is 16.6. The molecule has 31 heavy (non-hydrogen) atoms. The summed E-state index contributed by atoms with van der Waals surface area (Å²) in [5, 5.41) is 0.524. The Morgan fingerprint density at radius 2 is 0.935 bits per heavy atom. The van der Waals surface area contributed by atoms with Crippen LogP contribution in [0.1, 0.15) is 25.0 Å². The van der Waals surface area contributed by atoms with E-state index in [0.29, 0.717) is 11.4 Å². The van der Waals surface area contributed by atoms with Crippen LogP contribution in [0.4, 0.5) is 11.4 Å². The lowest BCUT2D eigenvalue weighted by Gasteiger charge is -2.28. The zero-order chi connectivity index (χ0) is 22.5. The van der Waals surface area contributed by atoms with Gasteiger partial charge in [0.25, 0.3) is 23.6 Å². The van der Waals surface area contributed by atoms with Gasteiger partial charge in [0.1, 0.15) is 0 Å². The van der Waals surface area contributed by atoms with Gasteiger partial charge < -0.3 is 0 Å². The molecule has 4 amide bonds. The van der Waals surface area contributed by atoms with E-state index < -0.39 is 29.0 Å². The zero-order valence-corrected chi connectivity index (χ0v) is 18.1. The Balaban J connectivity index is 1.67. The molecule has 2 aromatic carbocycles. The molecule has 0 N–H and O–H groups in total. The third kappa shape index (κ3) is 3.48. The second kappa shape index (κ2) is 7.48. The van der Waals surface area contributed by atoms with E-state index in [9.17, 15) is 19.2 Å². The Labute approximate surface area is 188 Å². The van der Waals surface area contributed by atoms with E-state index in [1.807, 2.05) is 13.8 Å². The van der Waals surface area contributed by atoms with Crippen molar-refractivity contribution in [2.24, 2.45) is 0 Å². The van der Waals surface area contributed by atoms with E-state index in [0.717, 1.165) is 20.9 Å². The summed E-state index contributed by atoms with van der Waals surface area (Å²) in [7, 11) is 0. The molecule has 0 aromatic heterocycles. The lowest BCUT2D eigenvalue weighted by Crippen LogP contribution is -2.30. The molecule has 2 aliphatic rings. The van der Waals surface area contributed by atoms with Gasteiger partial charge in [-0.1, -0.05) is 49.2 Å². The lowest BCUT2D eigenvalue weighted by atomic mass is 9.78. The summed E-state index contributed by atoms with van der Waals surface area (Å²) >= 11 is 12.8. The molecule has 2 heterocycles. The summed E-state index contributed by atoms with van der Waals surface area (Å²) in [5.41, 5.74) is 1.72. The van der Waals surface area contributed by atoms with Crippen molar-refractivity contribution < 1.29 is 19.2 Å². The van der Waals surface area contributed by atoms with Crippen LogP contribution in [0, 0.1) is 0 Å². The van der Waals surface area contributed by atoms with Crippen molar-refractivity contribution in [3.05, 3.63) is 81.9 Å². The first-order valence-corrected chi connectivity index (χ1v) is 10.1. The van der Waals surface area contributed by atoms with Gasteiger partial charge in [0.15, 0.2) is 0 Å². The molecule has 0 unspecified atom stereocenters. The van der Waals surface area contributed by atoms with Gasteiger partial charge in [-0.15, -0.1) is 0 Å². The lowest BCUT2D eigenvalue weighted by molar-refractivity contribution is -0.121. The SMILES string of the molecule is CC(C)(c1ccc(N2C(=O)C=CC2=O)c(Cl)c1)c1ccc(N2C(=O)C=CC2=O)c(Cl)c1. The summed E-state index contributed by atoms with van der Waals surface area (Å²) < 4.78 is 0. The van der Waals surface area contributed by atoms with Crippen LogP contribution < -0.4 is 9.80 Å². The molecule has 2 aromatic rings. The number of nitrogens with zero attached hydrogens (tertiary/aromatic N) is 2. The van der Waals surface area contributed by atoms with Gasteiger partial charge >= 0.3 is 0 Å². The van der Waals surface area contributed by atoms with E-state index in [4.69, 9.17) is 23.2 Å². The average Bonchev–Trinajstić information content (AvgIpc) is 3.23. The predicted octanol–water partition coefficient (Wildman–Crippen LogP) is 4.18. The number of hydrogen-bond acceptors (Lipinski definition) is 4. The number of benzene rings is 2. The maximum Gasteiger partial charge on any atom is 0.258 e. The molecule has 0 aliphatic carbocycles. The first-order valence-electron chi connectivity index (χ1n) is 9.33. The van der Waals surface area contributed by atoms with Crippen LogP contribution in [-0.4, -0.2) is 23.6 Å².